The molecule has 4 aromatic carbocycles. The molecule has 0 amide bonds. The molecule has 0 aliphatic heterocycles. The SMILES string of the molecule is CC(C)(C)c1ccnc(-n2c3ccccc3c3ccc(Oc4cccc(-c5cc(C(C)(C)c6ccccc6)ccn5)c4)cc32)c1. The zero-order valence-electron chi connectivity index (χ0n) is 26.5. The minimum Gasteiger partial charge on any atom is -0.457 e. The summed E-state index contributed by atoms with van der Waals surface area (Å²) in [5.41, 5.74) is 7.70. The van der Waals surface area contributed by atoms with Crippen LogP contribution < -0.4 is 4.74 Å². The third kappa shape index (κ3) is 5.38. The molecule has 0 saturated carbocycles. The van der Waals surface area contributed by atoms with Gasteiger partial charge in [-0.3, -0.25) is 9.55 Å². The van der Waals surface area contributed by atoms with E-state index in [2.05, 4.69) is 142 Å². The van der Waals surface area contributed by atoms with Crippen molar-refractivity contribution in [3.63, 3.8) is 0 Å². The molecule has 3 heterocycles. The van der Waals surface area contributed by atoms with E-state index in [1.54, 1.807) is 0 Å². The van der Waals surface area contributed by atoms with Crippen LogP contribution in [0.25, 0.3) is 38.9 Å². The quantitative estimate of drug-likeness (QED) is 0.194. The molecule has 0 spiro atoms. The van der Waals surface area contributed by atoms with Gasteiger partial charge in [-0.05, 0) is 76.7 Å². The van der Waals surface area contributed by atoms with Crippen LogP contribution >= 0.6 is 0 Å². The van der Waals surface area contributed by atoms with E-state index in [1.165, 1.54) is 22.1 Å². The van der Waals surface area contributed by atoms with Crippen LogP contribution in [-0.2, 0) is 10.8 Å². The van der Waals surface area contributed by atoms with Crippen molar-refractivity contribution in [1.29, 1.82) is 0 Å². The highest BCUT2D eigenvalue weighted by Crippen LogP contribution is 2.37. The zero-order chi connectivity index (χ0) is 31.2. The van der Waals surface area contributed by atoms with Crippen LogP contribution in [0.4, 0.5) is 0 Å². The maximum absolute atomic E-state index is 6.52. The van der Waals surface area contributed by atoms with Crippen molar-refractivity contribution in [1.82, 2.24) is 14.5 Å². The van der Waals surface area contributed by atoms with Crippen molar-refractivity contribution in [2.45, 2.75) is 45.4 Å². The van der Waals surface area contributed by atoms with E-state index >= 15 is 0 Å². The Morgan fingerprint density at radius 2 is 1.24 bits per heavy atom. The fourth-order valence-electron chi connectivity index (χ4n) is 6.12. The fraction of sp³-hybridized carbons (Fsp3) is 0.171. The van der Waals surface area contributed by atoms with Crippen LogP contribution in [0.5, 0.6) is 11.5 Å². The van der Waals surface area contributed by atoms with Gasteiger partial charge < -0.3 is 4.74 Å². The molecule has 0 radical (unpaired) electrons. The first kappa shape index (κ1) is 28.5. The van der Waals surface area contributed by atoms with E-state index in [0.29, 0.717) is 0 Å². The number of hydrogen-bond acceptors (Lipinski definition) is 3. The molecular weight excluding hydrogens is 550 g/mol. The molecule has 222 valence electrons. The highest BCUT2D eigenvalue weighted by atomic mass is 16.5. The lowest BCUT2D eigenvalue weighted by Crippen LogP contribution is -2.18. The Kier molecular flexibility index (Phi) is 7.01. The predicted octanol–water partition coefficient (Wildman–Crippen LogP) is 10.7. The molecular formula is C41H37N3O. The van der Waals surface area contributed by atoms with Gasteiger partial charge in [-0.1, -0.05) is 95.3 Å². The monoisotopic (exact) mass is 587 g/mol. The summed E-state index contributed by atoms with van der Waals surface area (Å²) < 4.78 is 8.76. The van der Waals surface area contributed by atoms with Crippen molar-refractivity contribution in [2.75, 3.05) is 0 Å². The van der Waals surface area contributed by atoms with E-state index in [0.717, 1.165) is 45.0 Å². The van der Waals surface area contributed by atoms with Gasteiger partial charge >= 0.3 is 0 Å². The van der Waals surface area contributed by atoms with E-state index in [-0.39, 0.29) is 10.8 Å². The lowest BCUT2D eigenvalue weighted by atomic mass is 9.78. The van der Waals surface area contributed by atoms with E-state index in [4.69, 9.17) is 14.7 Å². The van der Waals surface area contributed by atoms with Crippen LogP contribution in [0.15, 0.2) is 134 Å². The summed E-state index contributed by atoms with van der Waals surface area (Å²) in [6, 6.07) is 42.2. The molecule has 7 rings (SSSR count). The Morgan fingerprint density at radius 1 is 0.533 bits per heavy atom. The minimum atomic E-state index is -0.151. The Morgan fingerprint density at radius 3 is 2.07 bits per heavy atom. The summed E-state index contributed by atoms with van der Waals surface area (Å²) in [6.45, 7) is 11.2. The second kappa shape index (κ2) is 11.0. The Bertz CT molecular complexity index is 2150. The average Bonchev–Trinajstić information content (AvgIpc) is 3.38. The first-order valence-corrected chi connectivity index (χ1v) is 15.5. The van der Waals surface area contributed by atoms with Crippen LogP contribution in [-0.4, -0.2) is 14.5 Å². The second-order valence-electron chi connectivity index (χ2n) is 13.2. The van der Waals surface area contributed by atoms with Gasteiger partial charge in [0.25, 0.3) is 0 Å². The summed E-state index contributed by atoms with van der Waals surface area (Å²) in [5, 5.41) is 2.35. The largest absolute Gasteiger partial charge is 0.457 e. The van der Waals surface area contributed by atoms with Crippen LogP contribution in [0.1, 0.15) is 51.3 Å². The number of aromatic nitrogens is 3. The molecule has 7 aromatic rings. The van der Waals surface area contributed by atoms with Gasteiger partial charge in [0.15, 0.2) is 0 Å². The van der Waals surface area contributed by atoms with Gasteiger partial charge in [-0.15, -0.1) is 0 Å². The number of fused-ring (bicyclic) bond motifs is 3. The number of rotatable bonds is 6. The Labute approximate surface area is 265 Å². The molecule has 0 atom stereocenters. The molecule has 0 unspecified atom stereocenters. The summed E-state index contributed by atoms with van der Waals surface area (Å²) in [7, 11) is 0. The average molecular weight is 588 g/mol. The summed E-state index contributed by atoms with van der Waals surface area (Å²) in [4.78, 5) is 9.55. The number of benzene rings is 4. The molecule has 0 bridgehead atoms. The molecule has 0 saturated heterocycles. The van der Waals surface area contributed by atoms with Gasteiger partial charge in [0, 0.05) is 40.2 Å². The smallest absolute Gasteiger partial charge is 0.137 e. The van der Waals surface area contributed by atoms with Crippen LogP contribution in [0, 0.1) is 0 Å². The molecule has 4 nitrogen and oxygen atoms in total. The van der Waals surface area contributed by atoms with Gasteiger partial charge in [0.05, 0.1) is 16.7 Å². The molecule has 0 fully saturated rings. The van der Waals surface area contributed by atoms with Crippen molar-refractivity contribution < 1.29 is 4.74 Å². The number of hydrogen-bond donors (Lipinski definition) is 0. The molecule has 0 aliphatic carbocycles. The van der Waals surface area contributed by atoms with E-state index in [1.807, 2.05) is 30.6 Å². The molecule has 0 N–H and O–H groups in total. The number of para-hydroxylation sites is 1. The topological polar surface area (TPSA) is 39.9 Å². The molecule has 0 aliphatic rings. The number of ether oxygens (including phenoxy) is 1. The number of nitrogens with zero attached hydrogens (tertiary/aromatic N) is 3. The lowest BCUT2D eigenvalue weighted by Gasteiger charge is -2.26. The van der Waals surface area contributed by atoms with Crippen molar-refractivity contribution in [2.24, 2.45) is 0 Å². The van der Waals surface area contributed by atoms with Crippen molar-refractivity contribution >= 4 is 21.8 Å². The van der Waals surface area contributed by atoms with Gasteiger partial charge in [0.2, 0.25) is 0 Å². The standard InChI is InChI=1S/C41H37N3O/c1-40(2,3)30-20-23-43-39(26-30)44-37-17-10-9-16-34(37)35-19-18-33(27-38(35)44)45-32-15-11-12-28(24-32)36-25-31(21-22-42-36)41(4,5)29-13-7-6-8-14-29/h6-27H,1-5H3. The zero-order valence-corrected chi connectivity index (χ0v) is 26.5. The molecule has 45 heavy (non-hydrogen) atoms. The third-order valence-corrected chi connectivity index (χ3v) is 8.83. The second-order valence-corrected chi connectivity index (χ2v) is 13.2. The predicted molar refractivity (Wildman–Crippen MR) is 186 cm³/mol. The van der Waals surface area contributed by atoms with Crippen molar-refractivity contribution in [3.05, 3.63) is 150 Å². The fourth-order valence-corrected chi connectivity index (χ4v) is 6.12. The van der Waals surface area contributed by atoms with E-state index in [9.17, 15) is 0 Å². The van der Waals surface area contributed by atoms with Crippen molar-refractivity contribution in [3.8, 4) is 28.6 Å². The molecule has 3 aromatic heterocycles. The minimum absolute atomic E-state index is 0.0153. The highest BCUT2D eigenvalue weighted by Gasteiger charge is 2.24. The first-order valence-electron chi connectivity index (χ1n) is 15.5. The maximum atomic E-state index is 6.52. The summed E-state index contributed by atoms with van der Waals surface area (Å²) in [5.74, 6) is 2.43. The Balaban J connectivity index is 1.26. The van der Waals surface area contributed by atoms with Gasteiger partial charge in [0.1, 0.15) is 17.3 Å². The van der Waals surface area contributed by atoms with E-state index < -0.39 is 0 Å². The highest BCUT2D eigenvalue weighted by molar-refractivity contribution is 6.09. The lowest BCUT2D eigenvalue weighted by molar-refractivity contribution is 0.483. The molecule has 4 heteroatoms. The van der Waals surface area contributed by atoms with Gasteiger partial charge in [-0.25, -0.2) is 4.98 Å². The maximum Gasteiger partial charge on any atom is 0.137 e. The van der Waals surface area contributed by atoms with Crippen LogP contribution in [0.3, 0.4) is 0 Å². The van der Waals surface area contributed by atoms with Gasteiger partial charge in [-0.2, -0.15) is 0 Å². The number of pyridine rings is 2. The van der Waals surface area contributed by atoms with Crippen LogP contribution in [0.2, 0.25) is 0 Å². The summed E-state index contributed by atoms with van der Waals surface area (Å²) in [6.07, 6.45) is 3.81. The summed E-state index contributed by atoms with van der Waals surface area (Å²) >= 11 is 0. The first-order chi connectivity index (χ1) is 21.7. The third-order valence-electron chi connectivity index (χ3n) is 8.83. The normalized spacial score (nSPS) is 12.1. The Hall–Kier alpha value is -5.22.